The normalized spacial score (nSPS) is 10.3. The standard InChI is InChI=1S/C13H12ClNO3/c1-8-2-4-10(14)11(6-8)15-7-9-3-5-12(18-9)13(16)17/h2-6,15H,7H2,1H3,(H,16,17). The minimum Gasteiger partial charge on any atom is -0.475 e. The summed E-state index contributed by atoms with van der Waals surface area (Å²) in [6.45, 7) is 2.35. The van der Waals surface area contributed by atoms with Crippen LogP contribution in [0.1, 0.15) is 21.9 Å². The zero-order chi connectivity index (χ0) is 13.1. The van der Waals surface area contributed by atoms with Gasteiger partial charge < -0.3 is 14.8 Å². The first-order chi connectivity index (χ1) is 8.56. The fourth-order valence-corrected chi connectivity index (χ4v) is 1.73. The van der Waals surface area contributed by atoms with E-state index in [9.17, 15) is 4.79 Å². The molecule has 0 saturated heterocycles. The maximum absolute atomic E-state index is 10.7. The molecule has 2 rings (SSSR count). The number of nitrogens with one attached hydrogen (secondary N) is 1. The maximum Gasteiger partial charge on any atom is 0.371 e. The molecule has 0 aliphatic rings. The van der Waals surface area contributed by atoms with Crippen molar-refractivity contribution in [1.82, 2.24) is 0 Å². The van der Waals surface area contributed by atoms with E-state index >= 15 is 0 Å². The van der Waals surface area contributed by atoms with Gasteiger partial charge in [-0.15, -0.1) is 0 Å². The van der Waals surface area contributed by atoms with Crippen LogP contribution in [0.3, 0.4) is 0 Å². The number of anilines is 1. The number of benzene rings is 1. The Morgan fingerprint density at radius 3 is 2.83 bits per heavy atom. The number of hydrogen-bond acceptors (Lipinski definition) is 3. The lowest BCUT2D eigenvalue weighted by atomic mass is 10.2. The highest BCUT2D eigenvalue weighted by molar-refractivity contribution is 6.33. The predicted octanol–water partition coefficient (Wildman–Crippen LogP) is 3.55. The van der Waals surface area contributed by atoms with E-state index in [1.165, 1.54) is 6.07 Å². The molecule has 0 saturated carbocycles. The van der Waals surface area contributed by atoms with E-state index in [1.807, 2.05) is 25.1 Å². The minimum atomic E-state index is -1.07. The summed E-state index contributed by atoms with van der Waals surface area (Å²) in [6, 6.07) is 8.70. The van der Waals surface area contributed by atoms with Crippen LogP contribution in [0, 0.1) is 6.92 Å². The van der Waals surface area contributed by atoms with Gasteiger partial charge in [-0.25, -0.2) is 4.79 Å². The fourth-order valence-electron chi connectivity index (χ4n) is 1.54. The molecule has 0 amide bonds. The number of furan rings is 1. The number of aromatic carboxylic acids is 1. The Labute approximate surface area is 109 Å². The molecular weight excluding hydrogens is 254 g/mol. The van der Waals surface area contributed by atoms with Gasteiger partial charge in [0.2, 0.25) is 5.76 Å². The number of halogens is 1. The number of carboxylic acids is 1. The van der Waals surface area contributed by atoms with Crippen molar-refractivity contribution >= 4 is 23.3 Å². The molecule has 0 spiro atoms. The van der Waals surface area contributed by atoms with E-state index in [1.54, 1.807) is 6.07 Å². The smallest absolute Gasteiger partial charge is 0.371 e. The van der Waals surface area contributed by atoms with E-state index in [4.69, 9.17) is 21.1 Å². The first kappa shape index (κ1) is 12.5. The lowest BCUT2D eigenvalue weighted by Gasteiger charge is -2.07. The SMILES string of the molecule is Cc1ccc(Cl)c(NCc2ccc(C(=O)O)o2)c1. The van der Waals surface area contributed by atoms with Crippen LogP contribution < -0.4 is 5.32 Å². The van der Waals surface area contributed by atoms with Gasteiger partial charge in [-0.05, 0) is 36.8 Å². The molecule has 2 N–H and O–H groups in total. The summed E-state index contributed by atoms with van der Waals surface area (Å²) in [5.74, 6) is -0.595. The lowest BCUT2D eigenvalue weighted by molar-refractivity contribution is 0.0660. The van der Waals surface area contributed by atoms with Gasteiger partial charge in [0.1, 0.15) is 5.76 Å². The third kappa shape index (κ3) is 2.84. The van der Waals surface area contributed by atoms with Crippen LogP contribution >= 0.6 is 11.6 Å². The Kier molecular flexibility index (Phi) is 3.58. The van der Waals surface area contributed by atoms with E-state index in [2.05, 4.69) is 5.32 Å². The molecule has 94 valence electrons. The second-order valence-electron chi connectivity index (χ2n) is 3.91. The van der Waals surface area contributed by atoms with Gasteiger partial charge in [-0.1, -0.05) is 17.7 Å². The third-order valence-electron chi connectivity index (χ3n) is 2.45. The van der Waals surface area contributed by atoms with Crippen LogP contribution in [0.5, 0.6) is 0 Å². The Morgan fingerprint density at radius 2 is 2.17 bits per heavy atom. The van der Waals surface area contributed by atoms with Gasteiger partial charge in [-0.3, -0.25) is 0 Å². The van der Waals surface area contributed by atoms with Gasteiger partial charge in [-0.2, -0.15) is 0 Å². The van der Waals surface area contributed by atoms with Gasteiger partial charge in [0.25, 0.3) is 0 Å². The second kappa shape index (κ2) is 5.14. The highest BCUT2D eigenvalue weighted by atomic mass is 35.5. The molecular formula is C13H12ClNO3. The maximum atomic E-state index is 10.7. The molecule has 0 unspecified atom stereocenters. The highest BCUT2D eigenvalue weighted by Gasteiger charge is 2.09. The van der Waals surface area contributed by atoms with E-state index in [0.717, 1.165) is 11.3 Å². The summed E-state index contributed by atoms with van der Waals surface area (Å²) < 4.78 is 5.13. The molecule has 0 atom stereocenters. The summed E-state index contributed by atoms with van der Waals surface area (Å²) in [5, 5.41) is 12.4. The molecule has 4 nitrogen and oxygen atoms in total. The second-order valence-corrected chi connectivity index (χ2v) is 4.32. The Bertz CT molecular complexity index is 577. The molecule has 1 aromatic carbocycles. The third-order valence-corrected chi connectivity index (χ3v) is 2.78. The lowest BCUT2D eigenvalue weighted by Crippen LogP contribution is -1.99. The summed E-state index contributed by atoms with van der Waals surface area (Å²) in [7, 11) is 0. The van der Waals surface area contributed by atoms with Crippen molar-refractivity contribution in [3.8, 4) is 0 Å². The van der Waals surface area contributed by atoms with Crippen LogP contribution in [-0.4, -0.2) is 11.1 Å². The van der Waals surface area contributed by atoms with Crippen molar-refractivity contribution in [3.63, 3.8) is 0 Å². The van der Waals surface area contributed by atoms with Crippen molar-refractivity contribution in [1.29, 1.82) is 0 Å². The molecule has 2 aromatic rings. The van der Waals surface area contributed by atoms with Crippen LogP contribution in [0.15, 0.2) is 34.7 Å². The Balaban J connectivity index is 2.06. The Hall–Kier alpha value is -1.94. The van der Waals surface area contributed by atoms with Gasteiger partial charge >= 0.3 is 5.97 Å². The van der Waals surface area contributed by atoms with Crippen molar-refractivity contribution in [2.24, 2.45) is 0 Å². The van der Waals surface area contributed by atoms with Gasteiger partial charge in [0.05, 0.1) is 17.3 Å². The topological polar surface area (TPSA) is 62.5 Å². The molecule has 5 heteroatoms. The minimum absolute atomic E-state index is 0.0675. The van der Waals surface area contributed by atoms with Gasteiger partial charge in [0.15, 0.2) is 0 Å². The monoisotopic (exact) mass is 265 g/mol. The Morgan fingerprint density at radius 1 is 1.39 bits per heavy atom. The van der Waals surface area contributed by atoms with Crippen LogP contribution in [0.2, 0.25) is 5.02 Å². The fraction of sp³-hybridized carbons (Fsp3) is 0.154. The van der Waals surface area contributed by atoms with E-state index < -0.39 is 5.97 Å². The average molecular weight is 266 g/mol. The summed E-state index contributed by atoms with van der Waals surface area (Å²) in [5.41, 5.74) is 1.89. The number of hydrogen-bond donors (Lipinski definition) is 2. The summed E-state index contributed by atoms with van der Waals surface area (Å²) >= 11 is 6.03. The molecule has 0 aliphatic carbocycles. The highest BCUT2D eigenvalue weighted by Crippen LogP contribution is 2.23. The van der Waals surface area contributed by atoms with Crippen LogP contribution in [0.4, 0.5) is 5.69 Å². The summed E-state index contributed by atoms with van der Waals surface area (Å²) in [4.78, 5) is 10.7. The molecule has 1 heterocycles. The number of carboxylic acid groups (broad SMARTS) is 1. The number of rotatable bonds is 4. The number of carbonyl (C=O) groups is 1. The van der Waals surface area contributed by atoms with Crippen LogP contribution in [0.25, 0.3) is 0 Å². The molecule has 0 radical (unpaired) electrons. The van der Waals surface area contributed by atoms with E-state index in [0.29, 0.717) is 17.3 Å². The largest absolute Gasteiger partial charge is 0.475 e. The van der Waals surface area contributed by atoms with Crippen molar-refractivity contribution in [2.75, 3.05) is 5.32 Å². The first-order valence-electron chi connectivity index (χ1n) is 5.38. The van der Waals surface area contributed by atoms with Crippen molar-refractivity contribution < 1.29 is 14.3 Å². The van der Waals surface area contributed by atoms with E-state index in [-0.39, 0.29) is 5.76 Å². The quantitative estimate of drug-likeness (QED) is 0.887. The van der Waals surface area contributed by atoms with Gasteiger partial charge in [0, 0.05) is 0 Å². The molecule has 0 aliphatic heterocycles. The average Bonchev–Trinajstić information content (AvgIpc) is 2.79. The molecule has 0 fully saturated rings. The van der Waals surface area contributed by atoms with Crippen LogP contribution in [-0.2, 0) is 6.54 Å². The zero-order valence-electron chi connectivity index (χ0n) is 9.74. The zero-order valence-corrected chi connectivity index (χ0v) is 10.5. The number of aryl methyl sites for hydroxylation is 1. The summed E-state index contributed by atoms with van der Waals surface area (Å²) in [6.07, 6.45) is 0. The molecule has 18 heavy (non-hydrogen) atoms. The van der Waals surface area contributed by atoms with Crippen molar-refractivity contribution in [3.05, 3.63) is 52.4 Å². The molecule has 1 aromatic heterocycles. The first-order valence-corrected chi connectivity index (χ1v) is 5.76. The van der Waals surface area contributed by atoms with Crippen molar-refractivity contribution in [2.45, 2.75) is 13.5 Å². The predicted molar refractivity (Wildman–Crippen MR) is 69.2 cm³/mol. The molecule has 0 bridgehead atoms.